The number of likely N-dealkylation sites (N-methyl/N-ethyl adjacent to an activating group) is 3. The highest BCUT2D eigenvalue weighted by atomic mass is 16.3. The van der Waals surface area contributed by atoms with E-state index in [1.807, 2.05) is 6.08 Å². The molecule has 0 radical (unpaired) electrons. The van der Waals surface area contributed by atoms with Gasteiger partial charge in [-0.3, -0.25) is 20.5 Å². The number of hydrogen-bond acceptors (Lipinski definition) is 8. The number of carbonyl (C=O) groups excluding carboxylic acids is 2. The molecule has 0 saturated carbocycles. The summed E-state index contributed by atoms with van der Waals surface area (Å²) >= 11 is 0. The number of amides is 3. The first-order valence-electron chi connectivity index (χ1n) is 18.8. The molecular formula is C36H70N6O5. The number of aliphatic hydroxyl groups excluding tert-OH is 2. The highest BCUT2D eigenvalue weighted by molar-refractivity contribution is 5.78. The van der Waals surface area contributed by atoms with E-state index in [2.05, 4.69) is 23.1 Å². The minimum atomic E-state index is -1.14. The largest absolute Gasteiger partial charge is 0.394 e. The molecule has 0 aromatic rings. The maximum atomic E-state index is 12.7. The number of hydrogen-bond donors (Lipinski definition) is 6. The van der Waals surface area contributed by atoms with E-state index < -0.39 is 17.9 Å². The van der Waals surface area contributed by atoms with Crippen LogP contribution in [-0.4, -0.2) is 119 Å². The van der Waals surface area contributed by atoms with Gasteiger partial charge in [0.05, 0.1) is 30.8 Å². The fraction of sp³-hybridized carbons (Fsp3) is 0.889. The highest BCUT2D eigenvalue weighted by Crippen LogP contribution is 2.37. The molecule has 11 heteroatoms. The Balaban J connectivity index is 1.45. The van der Waals surface area contributed by atoms with E-state index in [1.165, 1.54) is 74.0 Å². The Hall–Kier alpha value is -1.76. The molecule has 2 saturated heterocycles. The molecule has 0 aromatic carbocycles. The zero-order chi connectivity index (χ0) is 34.5. The Kier molecular flexibility index (Phi) is 20.8. The topological polar surface area (TPSA) is 141 Å². The average molecular weight is 667 g/mol. The van der Waals surface area contributed by atoms with Crippen molar-refractivity contribution in [1.29, 1.82) is 0 Å². The van der Waals surface area contributed by atoms with Crippen LogP contribution in [-0.2, 0) is 4.79 Å². The second-order valence-electron chi connectivity index (χ2n) is 13.9. The maximum absolute atomic E-state index is 12.7. The van der Waals surface area contributed by atoms with E-state index >= 15 is 0 Å². The molecule has 2 unspecified atom stereocenters. The smallest absolute Gasteiger partial charge is 0.322 e. The van der Waals surface area contributed by atoms with Crippen molar-refractivity contribution in [2.75, 3.05) is 47.4 Å². The molecule has 6 N–H and O–H groups in total. The number of nitrogens with zero attached hydrogens (tertiary/aromatic N) is 3. The first-order chi connectivity index (χ1) is 22.7. The van der Waals surface area contributed by atoms with Gasteiger partial charge in [0.1, 0.15) is 0 Å². The summed E-state index contributed by atoms with van der Waals surface area (Å²) in [7, 11) is 5.09. The summed E-state index contributed by atoms with van der Waals surface area (Å²) in [5.41, 5.74) is 5.34. The van der Waals surface area contributed by atoms with Crippen LogP contribution in [0, 0.1) is 0 Å². The van der Waals surface area contributed by atoms with Crippen molar-refractivity contribution in [2.45, 2.75) is 159 Å². The fourth-order valence-corrected chi connectivity index (χ4v) is 7.02. The maximum Gasteiger partial charge on any atom is 0.322 e. The molecule has 3 amide bonds. The van der Waals surface area contributed by atoms with Crippen molar-refractivity contribution >= 4 is 11.9 Å². The number of unbranched alkanes of at least 4 members (excludes halogenated alkanes) is 14. The van der Waals surface area contributed by atoms with E-state index in [-0.39, 0.29) is 30.6 Å². The molecule has 2 aliphatic heterocycles. The van der Waals surface area contributed by atoms with E-state index in [9.17, 15) is 24.9 Å². The highest BCUT2D eigenvalue weighted by Gasteiger charge is 2.61. The first-order valence-corrected chi connectivity index (χ1v) is 18.8. The number of hydrazine groups is 1. The van der Waals surface area contributed by atoms with Crippen LogP contribution in [0.2, 0.25) is 0 Å². The van der Waals surface area contributed by atoms with Crippen molar-refractivity contribution in [1.82, 2.24) is 30.9 Å². The van der Waals surface area contributed by atoms with Crippen molar-refractivity contribution in [3.63, 3.8) is 0 Å². The van der Waals surface area contributed by atoms with Crippen molar-refractivity contribution in [3.8, 4) is 0 Å². The monoisotopic (exact) mass is 667 g/mol. The zero-order valence-corrected chi connectivity index (χ0v) is 30.2. The van der Waals surface area contributed by atoms with Gasteiger partial charge >= 0.3 is 6.03 Å². The molecule has 5 atom stereocenters. The molecule has 0 aliphatic carbocycles. The summed E-state index contributed by atoms with van der Waals surface area (Å²) in [5, 5.41) is 35.0. The second kappa shape index (κ2) is 23.6. The third-order valence-corrected chi connectivity index (χ3v) is 10.3. The Labute approximate surface area is 285 Å². The molecule has 2 fully saturated rings. The third-order valence-electron chi connectivity index (χ3n) is 10.3. The lowest BCUT2D eigenvalue weighted by Crippen LogP contribution is -2.56. The number of rotatable bonds is 28. The van der Waals surface area contributed by atoms with Gasteiger partial charge in [0.2, 0.25) is 5.91 Å². The standard InChI is InChI=1S/C36H70N6O5/c1-5-6-7-8-9-10-11-12-13-14-15-16-18-23-31(44)30(29-43)40(2)34(45)25-19-17-21-26-38-39-27-22-20-24-32-36(47)33(28-37-32)41(3)35(46)42(36)4/h18,23,30-33,37-39,43-44,47H,5-17,19-22,24-29H2,1-4H3/b23-18+/t30-,31+,32-,33?,36?/m0/s1. The van der Waals surface area contributed by atoms with E-state index in [1.54, 1.807) is 32.1 Å². The summed E-state index contributed by atoms with van der Waals surface area (Å²) in [4.78, 5) is 29.6. The fourth-order valence-electron chi connectivity index (χ4n) is 7.02. The SMILES string of the molecule is CCCCCCCCCCCCC/C=C/[C@@H](O)[C@H](CO)N(C)C(=O)CCCCCNNCCCC[C@@H]1NCC2N(C)C(=O)N(C)C21O. The van der Waals surface area contributed by atoms with Crippen molar-refractivity contribution in [3.05, 3.63) is 12.2 Å². The summed E-state index contributed by atoms with van der Waals surface area (Å²) in [6.45, 7) is 4.21. The van der Waals surface area contributed by atoms with Crippen LogP contribution in [0.4, 0.5) is 4.79 Å². The van der Waals surface area contributed by atoms with Gasteiger partial charge in [-0.2, -0.15) is 0 Å². The molecule has 0 spiro atoms. The lowest BCUT2D eigenvalue weighted by molar-refractivity contribution is -0.135. The minimum absolute atomic E-state index is 0.0551. The predicted octanol–water partition coefficient (Wildman–Crippen LogP) is 4.28. The molecule has 11 nitrogen and oxygen atoms in total. The van der Waals surface area contributed by atoms with Gasteiger partial charge in [-0.1, -0.05) is 96.1 Å². The van der Waals surface area contributed by atoms with Crippen LogP contribution in [0.3, 0.4) is 0 Å². The zero-order valence-electron chi connectivity index (χ0n) is 30.2. The lowest BCUT2D eigenvalue weighted by Gasteiger charge is -2.34. The second-order valence-corrected chi connectivity index (χ2v) is 13.9. The Morgan fingerprint density at radius 3 is 2.15 bits per heavy atom. The normalized spacial score (nSPS) is 22.4. The third kappa shape index (κ3) is 13.6. The van der Waals surface area contributed by atoms with Gasteiger partial charge in [-0.15, -0.1) is 0 Å². The van der Waals surface area contributed by atoms with Crippen molar-refractivity contribution in [2.24, 2.45) is 0 Å². The van der Waals surface area contributed by atoms with Crippen LogP contribution in [0.5, 0.6) is 0 Å². The van der Waals surface area contributed by atoms with Gasteiger partial charge in [-0.25, -0.2) is 4.79 Å². The van der Waals surface area contributed by atoms with Crippen LogP contribution >= 0.6 is 0 Å². The van der Waals surface area contributed by atoms with Gasteiger partial charge in [0.25, 0.3) is 0 Å². The Bertz CT molecular complexity index is 894. The lowest BCUT2D eigenvalue weighted by atomic mass is 9.96. The predicted molar refractivity (Wildman–Crippen MR) is 190 cm³/mol. The number of aliphatic hydroxyl groups is 3. The van der Waals surface area contributed by atoms with E-state index in [0.29, 0.717) is 13.0 Å². The first kappa shape index (κ1) is 41.4. The Morgan fingerprint density at radius 2 is 1.53 bits per heavy atom. The molecular weight excluding hydrogens is 596 g/mol. The molecule has 274 valence electrons. The number of allylic oxidation sites excluding steroid dienone is 1. The minimum Gasteiger partial charge on any atom is -0.394 e. The molecule has 2 heterocycles. The van der Waals surface area contributed by atoms with Gasteiger partial charge in [0, 0.05) is 47.2 Å². The molecule has 2 aliphatic rings. The number of nitrogens with one attached hydrogen (secondary N) is 3. The van der Waals surface area contributed by atoms with E-state index in [0.717, 1.165) is 64.5 Å². The molecule has 0 bridgehead atoms. The molecule has 47 heavy (non-hydrogen) atoms. The average Bonchev–Trinajstić information content (AvgIpc) is 3.48. The molecule has 0 aromatic heterocycles. The van der Waals surface area contributed by atoms with Crippen LogP contribution in [0.1, 0.15) is 129 Å². The van der Waals surface area contributed by atoms with Gasteiger partial charge in [0.15, 0.2) is 5.72 Å². The number of carbonyl (C=O) groups is 2. The summed E-state index contributed by atoms with van der Waals surface area (Å²) in [6, 6.07) is -1.09. The Morgan fingerprint density at radius 1 is 0.957 bits per heavy atom. The molecule has 2 rings (SSSR count). The van der Waals surface area contributed by atoms with E-state index in [4.69, 9.17) is 0 Å². The quantitative estimate of drug-likeness (QED) is 0.0413. The summed E-state index contributed by atoms with van der Waals surface area (Å²) in [5.74, 6) is -0.0551. The van der Waals surface area contributed by atoms with Crippen molar-refractivity contribution < 1.29 is 24.9 Å². The van der Waals surface area contributed by atoms with Gasteiger partial charge in [-0.05, 0) is 38.5 Å². The van der Waals surface area contributed by atoms with Gasteiger partial charge < -0.3 is 30.4 Å². The summed E-state index contributed by atoms with van der Waals surface area (Å²) in [6.07, 6.45) is 23.8. The van der Waals surface area contributed by atoms with Crippen LogP contribution in [0.25, 0.3) is 0 Å². The van der Waals surface area contributed by atoms with Crippen LogP contribution < -0.4 is 16.2 Å². The van der Waals surface area contributed by atoms with Crippen LogP contribution in [0.15, 0.2) is 12.2 Å². The summed E-state index contributed by atoms with van der Waals surface area (Å²) < 4.78 is 0. The number of urea groups is 1. The number of fused-ring (bicyclic) bond motifs is 1.